The maximum atomic E-state index is 5.60. The Labute approximate surface area is 101 Å². The molecule has 0 spiro atoms. The first kappa shape index (κ1) is 10.8. The van der Waals surface area contributed by atoms with Crippen LogP contribution < -0.4 is 0 Å². The molecule has 2 aromatic rings. The van der Waals surface area contributed by atoms with Crippen molar-refractivity contribution in [1.29, 1.82) is 0 Å². The van der Waals surface area contributed by atoms with Crippen molar-refractivity contribution in [2.24, 2.45) is 0 Å². The number of nitrogens with zero attached hydrogens (tertiary/aromatic N) is 2. The van der Waals surface area contributed by atoms with Crippen LogP contribution >= 0.6 is 27.3 Å². The number of hydrogen-bond donors (Lipinski definition) is 0. The number of aryl methyl sites for hydroxylation is 1. The van der Waals surface area contributed by atoms with Crippen molar-refractivity contribution in [3.05, 3.63) is 22.9 Å². The molecule has 0 bridgehead atoms. The summed E-state index contributed by atoms with van der Waals surface area (Å²) in [5.41, 5.74) is 1.18. The highest BCUT2D eigenvalue weighted by Crippen LogP contribution is 2.31. The molecule has 1 unspecified atom stereocenters. The molecule has 3 nitrogen and oxygen atoms in total. The van der Waals surface area contributed by atoms with Gasteiger partial charge in [0.2, 0.25) is 5.89 Å². The highest BCUT2D eigenvalue weighted by atomic mass is 79.9. The van der Waals surface area contributed by atoms with Crippen LogP contribution in [-0.2, 0) is 0 Å². The van der Waals surface area contributed by atoms with Gasteiger partial charge in [-0.25, -0.2) is 0 Å². The van der Waals surface area contributed by atoms with E-state index in [1.807, 2.05) is 12.3 Å². The van der Waals surface area contributed by atoms with E-state index in [4.69, 9.17) is 4.42 Å². The number of alkyl halides is 1. The molecule has 0 saturated heterocycles. The maximum Gasteiger partial charge on any atom is 0.258 e. The second-order valence-corrected chi connectivity index (χ2v) is 5.28. The van der Waals surface area contributed by atoms with Gasteiger partial charge in [-0.3, -0.25) is 0 Å². The predicted molar refractivity (Wildman–Crippen MR) is 64.3 cm³/mol. The van der Waals surface area contributed by atoms with Crippen molar-refractivity contribution < 1.29 is 4.42 Å². The maximum absolute atomic E-state index is 5.60. The first-order valence-electron chi connectivity index (χ1n) is 4.74. The SMILES string of the molecule is CCC(Br)c1nnc(-c2sccc2C)o1. The molecule has 2 heterocycles. The van der Waals surface area contributed by atoms with Crippen molar-refractivity contribution in [2.75, 3.05) is 0 Å². The summed E-state index contributed by atoms with van der Waals surface area (Å²) in [5, 5.41) is 10.1. The van der Waals surface area contributed by atoms with Gasteiger partial charge in [0.15, 0.2) is 0 Å². The fourth-order valence-electron chi connectivity index (χ4n) is 1.22. The molecule has 5 heteroatoms. The van der Waals surface area contributed by atoms with E-state index in [0.717, 1.165) is 11.3 Å². The average Bonchev–Trinajstić information content (AvgIpc) is 2.84. The molecule has 1 atom stereocenters. The molecule has 80 valence electrons. The van der Waals surface area contributed by atoms with Gasteiger partial charge in [0.05, 0.1) is 9.70 Å². The summed E-state index contributed by atoms with van der Waals surface area (Å²) in [6.07, 6.45) is 0.936. The van der Waals surface area contributed by atoms with Crippen LogP contribution in [0.5, 0.6) is 0 Å². The zero-order valence-electron chi connectivity index (χ0n) is 8.53. The van der Waals surface area contributed by atoms with Crippen LogP contribution in [0.4, 0.5) is 0 Å². The van der Waals surface area contributed by atoms with Gasteiger partial charge in [0.1, 0.15) is 0 Å². The Hall–Kier alpha value is -0.680. The van der Waals surface area contributed by atoms with Crippen LogP contribution in [0.2, 0.25) is 0 Å². The van der Waals surface area contributed by atoms with Crippen LogP contribution in [0, 0.1) is 6.92 Å². The summed E-state index contributed by atoms with van der Waals surface area (Å²) in [7, 11) is 0. The Morgan fingerprint density at radius 1 is 1.53 bits per heavy atom. The zero-order valence-corrected chi connectivity index (χ0v) is 10.9. The Morgan fingerprint density at radius 3 is 2.93 bits per heavy atom. The smallest absolute Gasteiger partial charge is 0.258 e. The Balaban J connectivity index is 2.32. The molecule has 0 N–H and O–H groups in total. The molecular weight excluding hydrogens is 276 g/mol. The minimum atomic E-state index is 0.152. The number of aromatic nitrogens is 2. The number of halogens is 1. The fourth-order valence-corrected chi connectivity index (χ4v) is 2.25. The lowest BCUT2D eigenvalue weighted by molar-refractivity contribution is 0.501. The first-order valence-corrected chi connectivity index (χ1v) is 6.53. The van der Waals surface area contributed by atoms with Crippen molar-refractivity contribution >= 4 is 27.3 Å². The van der Waals surface area contributed by atoms with Gasteiger partial charge in [-0.1, -0.05) is 22.9 Å². The Morgan fingerprint density at radius 2 is 2.33 bits per heavy atom. The van der Waals surface area contributed by atoms with Gasteiger partial charge in [-0.15, -0.1) is 21.5 Å². The lowest BCUT2D eigenvalue weighted by Gasteiger charge is -1.97. The van der Waals surface area contributed by atoms with E-state index < -0.39 is 0 Å². The molecule has 0 saturated carbocycles. The van der Waals surface area contributed by atoms with Gasteiger partial charge < -0.3 is 4.42 Å². The summed E-state index contributed by atoms with van der Waals surface area (Å²) in [4.78, 5) is 1.21. The minimum absolute atomic E-state index is 0.152. The van der Waals surface area contributed by atoms with E-state index in [1.165, 1.54) is 5.56 Å². The van der Waals surface area contributed by atoms with Gasteiger partial charge >= 0.3 is 0 Å². The second-order valence-electron chi connectivity index (χ2n) is 3.25. The highest BCUT2D eigenvalue weighted by Gasteiger charge is 2.16. The normalized spacial score (nSPS) is 13.0. The molecule has 0 amide bonds. The lowest BCUT2D eigenvalue weighted by Crippen LogP contribution is -1.86. The van der Waals surface area contributed by atoms with Crippen molar-refractivity contribution in [3.63, 3.8) is 0 Å². The molecule has 0 aliphatic carbocycles. The molecule has 2 rings (SSSR count). The third-order valence-corrected chi connectivity index (χ3v) is 4.17. The zero-order chi connectivity index (χ0) is 10.8. The summed E-state index contributed by atoms with van der Waals surface area (Å²) in [5.74, 6) is 1.27. The molecule has 15 heavy (non-hydrogen) atoms. The largest absolute Gasteiger partial charge is 0.419 e. The van der Waals surface area contributed by atoms with Crippen LogP contribution in [0.15, 0.2) is 15.9 Å². The standard InChI is InChI=1S/C10H11BrN2OS/c1-3-7(11)9-12-13-10(14-9)8-6(2)4-5-15-8/h4-5,7H,3H2,1-2H3. The van der Waals surface area contributed by atoms with Crippen LogP contribution in [0.25, 0.3) is 10.8 Å². The van der Waals surface area contributed by atoms with E-state index in [-0.39, 0.29) is 4.83 Å². The van der Waals surface area contributed by atoms with Gasteiger partial charge in [0.25, 0.3) is 5.89 Å². The van der Waals surface area contributed by atoms with Gasteiger partial charge in [-0.2, -0.15) is 0 Å². The second kappa shape index (κ2) is 4.45. The summed E-state index contributed by atoms with van der Waals surface area (Å²) in [6, 6.07) is 2.05. The van der Waals surface area contributed by atoms with Crippen LogP contribution in [0.3, 0.4) is 0 Å². The highest BCUT2D eigenvalue weighted by molar-refractivity contribution is 9.09. The third kappa shape index (κ3) is 2.13. The lowest BCUT2D eigenvalue weighted by atomic mass is 10.3. The first-order chi connectivity index (χ1) is 7.22. The third-order valence-electron chi connectivity index (χ3n) is 2.12. The molecule has 0 aromatic carbocycles. The van der Waals surface area contributed by atoms with Gasteiger partial charge in [0, 0.05) is 0 Å². The van der Waals surface area contributed by atoms with E-state index in [9.17, 15) is 0 Å². The van der Waals surface area contributed by atoms with E-state index >= 15 is 0 Å². The van der Waals surface area contributed by atoms with Crippen molar-refractivity contribution in [3.8, 4) is 10.8 Å². The summed E-state index contributed by atoms with van der Waals surface area (Å²) in [6.45, 7) is 4.11. The van der Waals surface area contributed by atoms with Crippen LogP contribution in [-0.4, -0.2) is 10.2 Å². The van der Waals surface area contributed by atoms with Crippen molar-refractivity contribution in [2.45, 2.75) is 25.1 Å². The number of rotatable bonds is 3. The Bertz CT molecular complexity index is 452. The minimum Gasteiger partial charge on any atom is -0.419 e. The molecule has 0 aliphatic heterocycles. The van der Waals surface area contributed by atoms with E-state index in [1.54, 1.807) is 11.3 Å². The van der Waals surface area contributed by atoms with Crippen molar-refractivity contribution in [1.82, 2.24) is 10.2 Å². The Kier molecular flexibility index (Phi) is 3.21. The summed E-state index contributed by atoms with van der Waals surface area (Å²) >= 11 is 5.11. The number of thiophene rings is 1. The quantitative estimate of drug-likeness (QED) is 0.802. The molecule has 2 aromatic heterocycles. The van der Waals surface area contributed by atoms with Gasteiger partial charge in [-0.05, 0) is 30.4 Å². The van der Waals surface area contributed by atoms with E-state index in [0.29, 0.717) is 11.8 Å². The predicted octanol–water partition coefficient (Wildman–Crippen LogP) is 3.95. The summed E-state index contributed by atoms with van der Waals surface area (Å²) < 4.78 is 5.60. The van der Waals surface area contributed by atoms with Crippen LogP contribution in [0.1, 0.15) is 29.6 Å². The number of hydrogen-bond acceptors (Lipinski definition) is 4. The molecular formula is C10H11BrN2OS. The topological polar surface area (TPSA) is 38.9 Å². The van der Waals surface area contributed by atoms with E-state index in [2.05, 4.69) is 39.1 Å². The molecule has 0 fully saturated rings. The average molecular weight is 287 g/mol. The molecule has 0 aliphatic rings. The molecule has 0 radical (unpaired) electrons. The monoisotopic (exact) mass is 286 g/mol. The fraction of sp³-hybridized carbons (Fsp3) is 0.400.